The van der Waals surface area contributed by atoms with Crippen LogP contribution in [-0.4, -0.2) is 23.5 Å². The Kier molecular flexibility index (Phi) is 3.97. The standard InChI is InChI=1S/C16H23BrN2/c1-11-3-2-4-14(10-18)19(11)16-8-5-12-9-13(17)6-7-15(12)16/h6-7,9,11,14,16H,2-5,8,10,18H2,1H3. The first-order valence-corrected chi connectivity index (χ1v) is 8.26. The maximum atomic E-state index is 6.02. The van der Waals surface area contributed by atoms with Crippen LogP contribution in [0.4, 0.5) is 0 Å². The van der Waals surface area contributed by atoms with Gasteiger partial charge in [0, 0.05) is 29.1 Å². The van der Waals surface area contributed by atoms with Crippen LogP contribution in [0.3, 0.4) is 0 Å². The van der Waals surface area contributed by atoms with Gasteiger partial charge in [0.05, 0.1) is 0 Å². The molecule has 1 aliphatic heterocycles. The van der Waals surface area contributed by atoms with Crippen LogP contribution in [0, 0.1) is 0 Å². The van der Waals surface area contributed by atoms with Gasteiger partial charge >= 0.3 is 0 Å². The summed E-state index contributed by atoms with van der Waals surface area (Å²) in [5.41, 5.74) is 9.08. The molecule has 3 atom stereocenters. The molecule has 0 amide bonds. The van der Waals surface area contributed by atoms with Crippen LogP contribution >= 0.6 is 15.9 Å². The first kappa shape index (κ1) is 13.6. The molecule has 0 saturated carbocycles. The molecule has 1 aromatic carbocycles. The lowest BCUT2D eigenvalue weighted by molar-refractivity contribution is 0.0497. The van der Waals surface area contributed by atoms with Crippen molar-refractivity contribution in [2.45, 2.75) is 57.2 Å². The van der Waals surface area contributed by atoms with Crippen molar-refractivity contribution in [1.82, 2.24) is 4.90 Å². The Balaban J connectivity index is 1.90. The fourth-order valence-electron chi connectivity index (χ4n) is 3.98. The van der Waals surface area contributed by atoms with E-state index in [1.54, 1.807) is 0 Å². The van der Waals surface area contributed by atoms with Gasteiger partial charge in [-0.15, -0.1) is 0 Å². The molecule has 1 aliphatic carbocycles. The predicted molar refractivity (Wildman–Crippen MR) is 83.2 cm³/mol. The van der Waals surface area contributed by atoms with Gasteiger partial charge in [0.2, 0.25) is 0 Å². The number of rotatable bonds is 2. The van der Waals surface area contributed by atoms with Gasteiger partial charge in [-0.1, -0.05) is 28.4 Å². The Morgan fingerprint density at radius 1 is 1.32 bits per heavy atom. The monoisotopic (exact) mass is 322 g/mol. The van der Waals surface area contributed by atoms with Crippen molar-refractivity contribution in [2.75, 3.05) is 6.54 Å². The van der Waals surface area contributed by atoms with Crippen molar-refractivity contribution < 1.29 is 0 Å². The smallest absolute Gasteiger partial charge is 0.0360 e. The Bertz CT molecular complexity index is 460. The van der Waals surface area contributed by atoms with E-state index in [-0.39, 0.29) is 0 Å². The second-order valence-electron chi connectivity index (χ2n) is 6.01. The van der Waals surface area contributed by atoms with Crippen molar-refractivity contribution in [3.63, 3.8) is 0 Å². The molecule has 2 nitrogen and oxygen atoms in total. The van der Waals surface area contributed by atoms with Crippen LogP contribution in [-0.2, 0) is 6.42 Å². The van der Waals surface area contributed by atoms with E-state index in [2.05, 4.69) is 46.0 Å². The molecule has 0 spiro atoms. The number of benzene rings is 1. The van der Waals surface area contributed by atoms with Crippen LogP contribution in [0.5, 0.6) is 0 Å². The topological polar surface area (TPSA) is 29.3 Å². The van der Waals surface area contributed by atoms with Crippen molar-refractivity contribution in [3.8, 4) is 0 Å². The summed E-state index contributed by atoms with van der Waals surface area (Å²) in [4.78, 5) is 2.71. The van der Waals surface area contributed by atoms with Gasteiger partial charge in [-0.05, 0) is 55.9 Å². The molecule has 104 valence electrons. The van der Waals surface area contributed by atoms with Crippen LogP contribution in [0.25, 0.3) is 0 Å². The summed E-state index contributed by atoms with van der Waals surface area (Å²) in [5.74, 6) is 0. The van der Waals surface area contributed by atoms with Gasteiger partial charge in [-0.25, -0.2) is 0 Å². The molecule has 0 bridgehead atoms. The molecule has 3 rings (SSSR count). The summed E-state index contributed by atoms with van der Waals surface area (Å²) < 4.78 is 1.20. The van der Waals surface area contributed by atoms with Crippen LogP contribution in [0.15, 0.2) is 22.7 Å². The van der Waals surface area contributed by atoms with E-state index < -0.39 is 0 Å². The number of fused-ring (bicyclic) bond motifs is 1. The summed E-state index contributed by atoms with van der Waals surface area (Å²) in [6.45, 7) is 3.17. The Morgan fingerprint density at radius 3 is 2.95 bits per heavy atom. The molecule has 1 aromatic rings. The van der Waals surface area contributed by atoms with Gasteiger partial charge < -0.3 is 5.73 Å². The summed E-state index contributed by atoms with van der Waals surface area (Å²) in [7, 11) is 0. The minimum atomic E-state index is 0.573. The second kappa shape index (κ2) is 5.55. The van der Waals surface area contributed by atoms with E-state index in [0.717, 1.165) is 6.54 Å². The number of hydrogen-bond acceptors (Lipinski definition) is 2. The molecule has 3 heteroatoms. The molecule has 0 aromatic heterocycles. The SMILES string of the molecule is CC1CCCC(CN)N1C1CCc2cc(Br)ccc21. The lowest BCUT2D eigenvalue weighted by Gasteiger charge is -2.44. The predicted octanol–water partition coefficient (Wildman–Crippen LogP) is 3.64. The third-order valence-electron chi connectivity index (χ3n) is 4.87. The molecule has 1 saturated heterocycles. The zero-order valence-electron chi connectivity index (χ0n) is 11.6. The van der Waals surface area contributed by atoms with Gasteiger partial charge in [0.1, 0.15) is 0 Å². The summed E-state index contributed by atoms with van der Waals surface area (Å²) in [6.07, 6.45) is 6.38. The third kappa shape index (κ3) is 2.48. The quantitative estimate of drug-likeness (QED) is 0.900. The maximum absolute atomic E-state index is 6.02. The highest BCUT2D eigenvalue weighted by molar-refractivity contribution is 9.10. The van der Waals surface area contributed by atoms with Gasteiger partial charge in [-0.2, -0.15) is 0 Å². The zero-order chi connectivity index (χ0) is 13.4. The van der Waals surface area contributed by atoms with Gasteiger partial charge in [0.15, 0.2) is 0 Å². The van der Waals surface area contributed by atoms with E-state index in [4.69, 9.17) is 5.73 Å². The minimum Gasteiger partial charge on any atom is -0.329 e. The lowest BCUT2D eigenvalue weighted by atomic mass is 9.92. The van der Waals surface area contributed by atoms with E-state index >= 15 is 0 Å². The van der Waals surface area contributed by atoms with Crippen molar-refractivity contribution in [3.05, 3.63) is 33.8 Å². The maximum Gasteiger partial charge on any atom is 0.0360 e. The molecule has 2 N–H and O–H groups in total. The summed E-state index contributed by atoms with van der Waals surface area (Å²) in [5, 5.41) is 0. The number of halogens is 1. The van der Waals surface area contributed by atoms with Gasteiger partial charge in [0.25, 0.3) is 0 Å². The van der Waals surface area contributed by atoms with Crippen LogP contribution < -0.4 is 5.73 Å². The number of nitrogens with two attached hydrogens (primary N) is 1. The van der Waals surface area contributed by atoms with Crippen LogP contribution in [0.2, 0.25) is 0 Å². The molecule has 0 radical (unpaired) electrons. The lowest BCUT2D eigenvalue weighted by Crippen LogP contribution is -2.50. The molecule has 2 aliphatic rings. The van der Waals surface area contributed by atoms with Crippen molar-refractivity contribution in [1.29, 1.82) is 0 Å². The first-order valence-electron chi connectivity index (χ1n) is 7.46. The Labute approximate surface area is 124 Å². The van der Waals surface area contributed by atoms with Gasteiger partial charge in [-0.3, -0.25) is 4.90 Å². The fourth-order valence-corrected chi connectivity index (χ4v) is 4.39. The number of piperidine rings is 1. The highest BCUT2D eigenvalue weighted by atomic mass is 79.9. The second-order valence-corrected chi connectivity index (χ2v) is 6.93. The highest BCUT2D eigenvalue weighted by Crippen LogP contribution is 2.41. The largest absolute Gasteiger partial charge is 0.329 e. The van der Waals surface area contributed by atoms with E-state index in [1.807, 2.05) is 0 Å². The average Bonchev–Trinajstić information content (AvgIpc) is 2.81. The minimum absolute atomic E-state index is 0.573. The van der Waals surface area contributed by atoms with E-state index in [1.165, 1.54) is 47.7 Å². The van der Waals surface area contributed by atoms with Crippen LogP contribution in [0.1, 0.15) is 49.8 Å². The van der Waals surface area contributed by atoms with E-state index in [9.17, 15) is 0 Å². The molecule has 1 fully saturated rings. The summed E-state index contributed by atoms with van der Waals surface area (Å²) >= 11 is 3.58. The molecular weight excluding hydrogens is 300 g/mol. The van der Waals surface area contributed by atoms with E-state index in [0.29, 0.717) is 18.1 Å². The number of aryl methyl sites for hydroxylation is 1. The molecule has 3 unspecified atom stereocenters. The Morgan fingerprint density at radius 2 is 2.16 bits per heavy atom. The number of likely N-dealkylation sites (tertiary alicyclic amines) is 1. The zero-order valence-corrected chi connectivity index (χ0v) is 13.2. The third-order valence-corrected chi connectivity index (χ3v) is 5.37. The number of nitrogens with zero attached hydrogens (tertiary/aromatic N) is 1. The first-order chi connectivity index (χ1) is 9.20. The summed E-state index contributed by atoms with van der Waals surface area (Å²) in [6, 6.07) is 8.62. The van der Waals surface area contributed by atoms with Crippen molar-refractivity contribution in [2.24, 2.45) is 5.73 Å². The average molecular weight is 323 g/mol. The van der Waals surface area contributed by atoms with Crippen molar-refractivity contribution >= 4 is 15.9 Å². The highest BCUT2D eigenvalue weighted by Gasteiger charge is 2.36. The molecule has 1 heterocycles. The Hall–Kier alpha value is -0.380. The molecule has 19 heavy (non-hydrogen) atoms. The number of hydrogen-bond donors (Lipinski definition) is 1. The normalized spacial score (nSPS) is 31.4. The fraction of sp³-hybridized carbons (Fsp3) is 0.625. The molecular formula is C16H23BrN2.